The van der Waals surface area contributed by atoms with Crippen LogP contribution in [0.3, 0.4) is 0 Å². The van der Waals surface area contributed by atoms with E-state index in [9.17, 15) is 4.79 Å². The summed E-state index contributed by atoms with van der Waals surface area (Å²) in [5.74, 6) is 1.48. The van der Waals surface area contributed by atoms with Gasteiger partial charge in [-0.3, -0.25) is 4.79 Å². The van der Waals surface area contributed by atoms with Gasteiger partial charge in [-0.1, -0.05) is 19.1 Å². The number of methoxy groups -OCH3 is 1. The third-order valence-corrected chi connectivity index (χ3v) is 4.50. The van der Waals surface area contributed by atoms with Crippen LogP contribution in [0.15, 0.2) is 29.8 Å². The quantitative estimate of drug-likeness (QED) is 0.746. The second kappa shape index (κ2) is 8.76. The van der Waals surface area contributed by atoms with E-state index in [-0.39, 0.29) is 11.9 Å². The highest BCUT2D eigenvalue weighted by atomic mass is 16.5. The van der Waals surface area contributed by atoms with Gasteiger partial charge in [-0.2, -0.15) is 0 Å². The van der Waals surface area contributed by atoms with Gasteiger partial charge in [0.2, 0.25) is 5.91 Å². The first-order valence-electron chi connectivity index (χ1n) is 8.87. The van der Waals surface area contributed by atoms with Gasteiger partial charge in [-0.15, -0.1) is 0 Å². The molecule has 1 aliphatic rings. The summed E-state index contributed by atoms with van der Waals surface area (Å²) in [5.41, 5.74) is 1.75. The number of carbonyl (C=O) groups excluding carboxylic acids is 1. The smallest absolute Gasteiger partial charge is 0.247 e. The molecular weight excluding hydrogens is 302 g/mol. The minimum atomic E-state index is -0.0906. The van der Waals surface area contributed by atoms with Gasteiger partial charge in [0.15, 0.2) is 11.5 Å². The molecule has 24 heavy (non-hydrogen) atoms. The Morgan fingerprint density at radius 2 is 2.04 bits per heavy atom. The third kappa shape index (κ3) is 4.76. The van der Waals surface area contributed by atoms with E-state index in [1.54, 1.807) is 7.11 Å². The molecule has 132 valence electrons. The van der Waals surface area contributed by atoms with Crippen LogP contribution in [0, 0.1) is 0 Å². The van der Waals surface area contributed by atoms with Crippen molar-refractivity contribution in [3.05, 3.63) is 35.4 Å². The van der Waals surface area contributed by atoms with Crippen molar-refractivity contribution in [3.63, 3.8) is 0 Å². The molecule has 0 aromatic heterocycles. The Bertz CT molecular complexity index is 589. The molecule has 0 unspecified atom stereocenters. The molecule has 1 fully saturated rings. The predicted octanol–water partition coefficient (Wildman–Crippen LogP) is 4.55. The number of carbonyl (C=O) groups is 1. The fourth-order valence-electron chi connectivity index (χ4n) is 3.03. The fraction of sp³-hybridized carbons (Fsp3) is 0.550. The van der Waals surface area contributed by atoms with Gasteiger partial charge in [0, 0.05) is 5.57 Å². The molecule has 1 aromatic carbocycles. The van der Waals surface area contributed by atoms with Gasteiger partial charge in [-0.25, -0.2) is 0 Å². The Morgan fingerprint density at radius 1 is 1.33 bits per heavy atom. The van der Waals surface area contributed by atoms with E-state index < -0.39 is 0 Å². The first-order chi connectivity index (χ1) is 11.5. The molecule has 4 heteroatoms. The molecule has 0 spiro atoms. The number of nitrogens with one attached hydrogen (secondary N) is 1. The van der Waals surface area contributed by atoms with Crippen LogP contribution >= 0.6 is 0 Å². The summed E-state index contributed by atoms with van der Waals surface area (Å²) >= 11 is 0. The number of ether oxygens (including phenoxy) is 2. The largest absolute Gasteiger partial charge is 0.493 e. The van der Waals surface area contributed by atoms with Crippen molar-refractivity contribution in [2.24, 2.45) is 0 Å². The highest BCUT2D eigenvalue weighted by Gasteiger charge is 2.19. The van der Waals surface area contributed by atoms with Gasteiger partial charge in [0.25, 0.3) is 0 Å². The normalized spacial score (nSPS) is 16.8. The number of hydrogen-bond acceptors (Lipinski definition) is 3. The van der Waals surface area contributed by atoms with E-state index in [0.717, 1.165) is 41.9 Å². The summed E-state index contributed by atoms with van der Waals surface area (Å²) in [7, 11) is 1.65. The van der Waals surface area contributed by atoms with Crippen LogP contribution in [0.5, 0.6) is 11.5 Å². The van der Waals surface area contributed by atoms with Crippen LogP contribution in [-0.4, -0.2) is 19.1 Å². The molecule has 0 heterocycles. The Labute approximate surface area is 145 Å². The molecule has 0 bridgehead atoms. The van der Waals surface area contributed by atoms with Crippen LogP contribution in [-0.2, 0) is 4.79 Å². The molecule has 1 atom stereocenters. The molecule has 2 rings (SSSR count). The molecule has 0 radical (unpaired) electrons. The van der Waals surface area contributed by atoms with Crippen LogP contribution < -0.4 is 14.8 Å². The van der Waals surface area contributed by atoms with E-state index in [4.69, 9.17) is 9.47 Å². The summed E-state index contributed by atoms with van der Waals surface area (Å²) in [6.45, 7) is 5.84. The number of hydrogen-bond donors (Lipinski definition) is 1. The molecular formula is C20H29NO3. The lowest BCUT2D eigenvalue weighted by Gasteiger charge is -2.19. The SMILES string of the molecule is CC/C=C(/C)C(=O)N[C@H](C)c1ccc(OC2CCCC2)c(OC)c1. The second-order valence-corrected chi connectivity index (χ2v) is 6.43. The van der Waals surface area contributed by atoms with E-state index in [1.165, 1.54) is 12.8 Å². The first kappa shape index (κ1) is 18.4. The molecule has 1 amide bonds. The maximum Gasteiger partial charge on any atom is 0.247 e. The molecule has 4 nitrogen and oxygen atoms in total. The summed E-state index contributed by atoms with van der Waals surface area (Å²) in [6, 6.07) is 5.81. The monoisotopic (exact) mass is 331 g/mol. The van der Waals surface area contributed by atoms with Crippen molar-refractivity contribution >= 4 is 5.91 Å². The highest BCUT2D eigenvalue weighted by molar-refractivity contribution is 5.93. The summed E-state index contributed by atoms with van der Waals surface area (Å²) in [6.07, 6.45) is 7.78. The van der Waals surface area contributed by atoms with Gasteiger partial charge >= 0.3 is 0 Å². The Morgan fingerprint density at radius 3 is 2.67 bits per heavy atom. The standard InChI is InChI=1S/C20H29NO3/c1-5-8-14(2)20(22)21-15(3)16-11-12-18(19(13-16)23-4)24-17-9-6-7-10-17/h8,11-13,15,17H,5-7,9-10H2,1-4H3,(H,21,22)/b14-8-/t15-/m1/s1. The Balaban J connectivity index is 2.07. The first-order valence-corrected chi connectivity index (χ1v) is 8.87. The molecule has 0 saturated heterocycles. The van der Waals surface area contributed by atoms with Crippen LogP contribution in [0.2, 0.25) is 0 Å². The number of amides is 1. The Hall–Kier alpha value is -1.97. The second-order valence-electron chi connectivity index (χ2n) is 6.43. The molecule has 0 aliphatic heterocycles. The van der Waals surface area contributed by atoms with E-state index in [0.29, 0.717) is 6.10 Å². The average molecular weight is 331 g/mol. The van der Waals surface area contributed by atoms with Crippen molar-refractivity contribution in [1.82, 2.24) is 5.32 Å². The van der Waals surface area contributed by atoms with Crippen LogP contribution in [0.4, 0.5) is 0 Å². The van der Waals surface area contributed by atoms with Gasteiger partial charge in [-0.05, 0) is 63.6 Å². The number of rotatable bonds is 7. The zero-order chi connectivity index (χ0) is 17.5. The summed E-state index contributed by atoms with van der Waals surface area (Å²) in [5, 5.41) is 3.02. The van der Waals surface area contributed by atoms with Crippen molar-refractivity contribution in [1.29, 1.82) is 0 Å². The maximum atomic E-state index is 12.1. The van der Waals surface area contributed by atoms with Gasteiger partial charge in [0.05, 0.1) is 19.3 Å². The third-order valence-electron chi connectivity index (χ3n) is 4.50. The van der Waals surface area contributed by atoms with Crippen molar-refractivity contribution in [2.45, 2.75) is 65.0 Å². The lowest BCUT2D eigenvalue weighted by Crippen LogP contribution is -2.27. The Kier molecular flexibility index (Phi) is 6.71. The van der Waals surface area contributed by atoms with E-state index in [1.807, 2.05) is 45.0 Å². The zero-order valence-electron chi connectivity index (χ0n) is 15.2. The van der Waals surface area contributed by atoms with E-state index >= 15 is 0 Å². The molecule has 1 saturated carbocycles. The van der Waals surface area contributed by atoms with Crippen LogP contribution in [0.1, 0.15) is 64.5 Å². The maximum absolute atomic E-state index is 12.1. The van der Waals surface area contributed by atoms with Gasteiger partial charge in [0.1, 0.15) is 0 Å². The predicted molar refractivity (Wildman–Crippen MR) is 96.5 cm³/mol. The molecule has 1 aromatic rings. The molecule has 1 N–H and O–H groups in total. The zero-order valence-corrected chi connectivity index (χ0v) is 15.2. The van der Waals surface area contributed by atoms with Crippen LogP contribution in [0.25, 0.3) is 0 Å². The fourth-order valence-corrected chi connectivity index (χ4v) is 3.03. The molecule has 1 aliphatic carbocycles. The lowest BCUT2D eigenvalue weighted by molar-refractivity contribution is -0.118. The van der Waals surface area contributed by atoms with Crippen molar-refractivity contribution in [2.75, 3.05) is 7.11 Å². The lowest BCUT2D eigenvalue weighted by atomic mass is 10.1. The number of allylic oxidation sites excluding steroid dienone is 1. The van der Waals surface area contributed by atoms with Gasteiger partial charge < -0.3 is 14.8 Å². The highest BCUT2D eigenvalue weighted by Crippen LogP contribution is 2.33. The minimum absolute atomic E-state index is 0.0328. The summed E-state index contributed by atoms with van der Waals surface area (Å²) < 4.78 is 11.6. The topological polar surface area (TPSA) is 47.6 Å². The van der Waals surface area contributed by atoms with Crippen molar-refractivity contribution in [3.8, 4) is 11.5 Å². The average Bonchev–Trinajstić information content (AvgIpc) is 3.08. The van der Waals surface area contributed by atoms with E-state index in [2.05, 4.69) is 5.32 Å². The minimum Gasteiger partial charge on any atom is -0.493 e. The summed E-state index contributed by atoms with van der Waals surface area (Å²) in [4.78, 5) is 12.1. The number of benzene rings is 1. The van der Waals surface area contributed by atoms with Crippen molar-refractivity contribution < 1.29 is 14.3 Å².